The Hall–Kier alpha value is -2.37. The quantitative estimate of drug-likeness (QED) is 0.752. The lowest BCUT2D eigenvalue weighted by atomic mass is 9.70. The van der Waals surface area contributed by atoms with Crippen molar-refractivity contribution in [1.82, 2.24) is 19.4 Å². The average molecular weight is 423 g/mol. The molecule has 166 valence electrons. The molecule has 0 saturated carbocycles. The first-order valence-electron chi connectivity index (χ1n) is 11.9. The van der Waals surface area contributed by atoms with E-state index >= 15 is 0 Å². The zero-order valence-corrected chi connectivity index (χ0v) is 19.0. The molecule has 6 nitrogen and oxygen atoms in total. The molecular formula is C25H34N4O2. The van der Waals surface area contributed by atoms with Gasteiger partial charge in [-0.3, -0.25) is 9.59 Å². The summed E-state index contributed by atoms with van der Waals surface area (Å²) in [5.74, 6) is 1.77. The van der Waals surface area contributed by atoms with Gasteiger partial charge in [-0.2, -0.15) is 0 Å². The molecule has 3 aliphatic rings. The number of aryl methyl sites for hydroxylation is 1. The Morgan fingerprint density at radius 2 is 2.00 bits per heavy atom. The van der Waals surface area contributed by atoms with Crippen LogP contribution in [0.5, 0.6) is 0 Å². The van der Waals surface area contributed by atoms with Gasteiger partial charge in [0.05, 0.1) is 0 Å². The van der Waals surface area contributed by atoms with Gasteiger partial charge in [0, 0.05) is 50.2 Å². The molecule has 4 atom stereocenters. The van der Waals surface area contributed by atoms with E-state index in [2.05, 4.69) is 23.7 Å². The number of carbonyl (C=O) groups is 2. The average Bonchev–Trinajstić information content (AvgIpc) is 3.13. The lowest BCUT2D eigenvalue weighted by molar-refractivity contribution is -0.152. The van der Waals surface area contributed by atoms with Gasteiger partial charge < -0.3 is 14.4 Å². The Morgan fingerprint density at radius 3 is 2.81 bits per heavy atom. The number of hydrogen-bond acceptors (Lipinski definition) is 3. The van der Waals surface area contributed by atoms with Crippen molar-refractivity contribution in [2.24, 2.45) is 24.8 Å². The molecule has 2 amide bonds. The zero-order chi connectivity index (χ0) is 21.7. The normalized spacial score (nSPS) is 28.3. The van der Waals surface area contributed by atoms with Crippen molar-refractivity contribution in [3.05, 3.63) is 30.1 Å². The fourth-order valence-electron chi connectivity index (χ4n) is 6.23. The molecule has 5 heterocycles. The van der Waals surface area contributed by atoms with E-state index in [1.54, 1.807) is 0 Å². The van der Waals surface area contributed by atoms with Crippen molar-refractivity contribution in [3.8, 4) is 0 Å². The Labute approximate surface area is 184 Å². The smallest absolute Gasteiger partial charge is 0.272 e. The minimum atomic E-state index is 0.0380. The molecule has 0 spiro atoms. The zero-order valence-electron chi connectivity index (χ0n) is 19.0. The molecule has 3 fully saturated rings. The Morgan fingerprint density at radius 1 is 1.19 bits per heavy atom. The molecule has 2 bridgehead atoms. The predicted molar refractivity (Wildman–Crippen MR) is 121 cm³/mol. The van der Waals surface area contributed by atoms with Crippen LogP contribution in [0.2, 0.25) is 0 Å². The van der Waals surface area contributed by atoms with Crippen LogP contribution in [0, 0.1) is 17.8 Å². The summed E-state index contributed by atoms with van der Waals surface area (Å²) in [5.41, 5.74) is 1.38. The molecule has 3 saturated heterocycles. The molecule has 2 aromatic heterocycles. The lowest BCUT2D eigenvalue weighted by Crippen LogP contribution is -2.65. The first-order chi connectivity index (χ1) is 14.9. The van der Waals surface area contributed by atoms with E-state index in [-0.39, 0.29) is 11.9 Å². The van der Waals surface area contributed by atoms with Crippen LogP contribution in [0.1, 0.15) is 62.9 Å². The monoisotopic (exact) mass is 422 g/mol. The van der Waals surface area contributed by atoms with Crippen LogP contribution in [0.3, 0.4) is 0 Å². The number of carbonyl (C=O) groups excluding carboxylic acids is 2. The van der Waals surface area contributed by atoms with Crippen molar-refractivity contribution < 1.29 is 9.59 Å². The van der Waals surface area contributed by atoms with Crippen LogP contribution in [0.4, 0.5) is 0 Å². The number of hydrogen-bond donors (Lipinski definition) is 0. The maximum Gasteiger partial charge on any atom is 0.272 e. The van der Waals surface area contributed by atoms with E-state index in [0.29, 0.717) is 41.8 Å². The van der Waals surface area contributed by atoms with Crippen LogP contribution < -0.4 is 0 Å². The van der Waals surface area contributed by atoms with Gasteiger partial charge in [0.1, 0.15) is 11.3 Å². The molecule has 0 aliphatic carbocycles. The van der Waals surface area contributed by atoms with Crippen molar-refractivity contribution in [3.63, 3.8) is 0 Å². The second-order valence-electron chi connectivity index (χ2n) is 10.3. The van der Waals surface area contributed by atoms with Crippen molar-refractivity contribution in [1.29, 1.82) is 0 Å². The number of piperidine rings is 3. The molecule has 2 aromatic rings. The molecular weight excluding hydrogens is 388 g/mol. The summed E-state index contributed by atoms with van der Waals surface area (Å²) < 4.78 is 1.96. The van der Waals surface area contributed by atoms with E-state index in [4.69, 9.17) is 0 Å². The first kappa shape index (κ1) is 20.5. The summed E-state index contributed by atoms with van der Waals surface area (Å²) in [6.45, 7) is 5.99. The van der Waals surface area contributed by atoms with Crippen molar-refractivity contribution in [2.75, 3.05) is 13.1 Å². The Bertz CT molecular complexity index is 997. The molecule has 0 aromatic carbocycles. The number of nitrogens with zero attached hydrogens (tertiary/aromatic N) is 4. The molecule has 5 rings (SSSR count). The maximum absolute atomic E-state index is 13.5. The van der Waals surface area contributed by atoms with Crippen molar-refractivity contribution in [2.45, 2.75) is 64.5 Å². The number of amides is 2. The van der Waals surface area contributed by atoms with Gasteiger partial charge in [0.15, 0.2) is 0 Å². The maximum atomic E-state index is 13.5. The lowest BCUT2D eigenvalue weighted by Gasteiger charge is -2.56. The van der Waals surface area contributed by atoms with Crippen LogP contribution >= 0.6 is 0 Å². The van der Waals surface area contributed by atoms with E-state index < -0.39 is 0 Å². The largest absolute Gasteiger partial charge is 0.337 e. The van der Waals surface area contributed by atoms with Gasteiger partial charge in [0.2, 0.25) is 5.91 Å². The second kappa shape index (κ2) is 7.95. The third kappa shape index (κ3) is 3.64. The van der Waals surface area contributed by atoms with Crippen LogP contribution in [-0.4, -0.2) is 56.3 Å². The number of aromatic nitrogens is 2. The molecule has 0 radical (unpaired) electrons. The summed E-state index contributed by atoms with van der Waals surface area (Å²) in [6.07, 6.45) is 8.05. The minimum absolute atomic E-state index is 0.0380. The highest BCUT2D eigenvalue weighted by molar-refractivity contribution is 5.94. The summed E-state index contributed by atoms with van der Waals surface area (Å²) in [6, 6.07) is 6.45. The van der Waals surface area contributed by atoms with Gasteiger partial charge >= 0.3 is 0 Å². The topological polar surface area (TPSA) is 58.4 Å². The SMILES string of the molecule is CC(C)CC[C@H]1[C@H]2C[C@H](CN(C(=O)c3ccc4ccn(C)c4n3)C2)[C@@H]2CCCC(=O)N21. The number of likely N-dealkylation sites (tertiary alicyclic amines) is 1. The summed E-state index contributed by atoms with van der Waals surface area (Å²) in [7, 11) is 1.96. The third-order valence-corrected chi connectivity index (χ3v) is 7.76. The first-order valence-corrected chi connectivity index (χ1v) is 11.9. The number of rotatable bonds is 4. The molecule has 6 heteroatoms. The third-order valence-electron chi connectivity index (χ3n) is 7.76. The van der Waals surface area contributed by atoms with Gasteiger partial charge in [-0.05, 0) is 68.1 Å². The highest BCUT2D eigenvalue weighted by Gasteiger charge is 2.49. The van der Waals surface area contributed by atoms with Gasteiger partial charge in [-0.25, -0.2) is 4.98 Å². The van der Waals surface area contributed by atoms with E-state index in [1.807, 2.05) is 40.9 Å². The van der Waals surface area contributed by atoms with Crippen LogP contribution in [0.25, 0.3) is 11.0 Å². The predicted octanol–water partition coefficient (Wildman–Crippen LogP) is 3.85. The van der Waals surface area contributed by atoms with Gasteiger partial charge in [-0.1, -0.05) is 13.8 Å². The fourth-order valence-corrected chi connectivity index (χ4v) is 6.23. The van der Waals surface area contributed by atoms with E-state index in [1.165, 1.54) is 0 Å². The standard InChI is InChI=1S/C25H34N4O2/c1-16(2)7-10-22-19-13-18(21-5-4-6-23(30)29(21)22)14-28(15-19)25(31)20-9-8-17-11-12-27(3)24(17)26-20/h8-9,11-12,16,18-19,21-22H,4-7,10,13-15H2,1-3H3/t18-,19+,21+,22+/m1/s1. The Balaban J connectivity index is 1.41. The number of pyridine rings is 1. The summed E-state index contributed by atoms with van der Waals surface area (Å²) >= 11 is 0. The van der Waals surface area contributed by atoms with Crippen LogP contribution in [-0.2, 0) is 11.8 Å². The highest BCUT2D eigenvalue weighted by atomic mass is 16.2. The van der Waals surface area contributed by atoms with E-state index in [0.717, 1.165) is 56.2 Å². The summed E-state index contributed by atoms with van der Waals surface area (Å²) in [5, 5.41) is 1.06. The highest BCUT2D eigenvalue weighted by Crippen LogP contribution is 2.43. The molecule has 31 heavy (non-hydrogen) atoms. The van der Waals surface area contributed by atoms with Crippen LogP contribution in [0.15, 0.2) is 24.4 Å². The number of fused-ring (bicyclic) bond motifs is 5. The molecule has 0 unspecified atom stereocenters. The second-order valence-corrected chi connectivity index (χ2v) is 10.3. The Kier molecular flexibility index (Phi) is 5.27. The minimum Gasteiger partial charge on any atom is -0.337 e. The fraction of sp³-hybridized carbons (Fsp3) is 0.640. The molecule has 0 N–H and O–H groups in total. The van der Waals surface area contributed by atoms with E-state index in [9.17, 15) is 9.59 Å². The van der Waals surface area contributed by atoms with Gasteiger partial charge in [0.25, 0.3) is 5.91 Å². The molecule has 3 aliphatic heterocycles. The van der Waals surface area contributed by atoms with Gasteiger partial charge in [-0.15, -0.1) is 0 Å². The van der Waals surface area contributed by atoms with Crippen molar-refractivity contribution >= 4 is 22.8 Å². The summed E-state index contributed by atoms with van der Waals surface area (Å²) in [4.78, 5) is 35.4.